The second kappa shape index (κ2) is 5.19. The van der Waals surface area contributed by atoms with Crippen LogP contribution in [0.3, 0.4) is 0 Å². The molecule has 3 rings (SSSR count). The molecule has 1 atom stereocenters. The molecule has 18 heavy (non-hydrogen) atoms. The number of benzene rings is 1. The fourth-order valence-electron chi connectivity index (χ4n) is 2.57. The summed E-state index contributed by atoms with van der Waals surface area (Å²) in [4.78, 5) is 0. The predicted molar refractivity (Wildman–Crippen MR) is 71.2 cm³/mol. The van der Waals surface area contributed by atoms with Gasteiger partial charge in [-0.25, -0.2) is 0 Å². The largest absolute Gasteiger partial charge is 0.493 e. The predicted octanol–water partition coefficient (Wildman–Crippen LogP) is 2.91. The molecule has 98 valence electrons. The highest BCUT2D eigenvalue weighted by Crippen LogP contribution is 2.35. The van der Waals surface area contributed by atoms with Crippen molar-refractivity contribution in [2.45, 2.75) is 32.2 Å². The summed E-state index contributed by atoms with van der Waals surface area (Å²) in [6, 6.07) is 6.57. The lowest BCUT2D eigenvalue weighted by Gasteiger charge is -2.25. The summed E-state index contributed by atoms with van der Waals surface area (Å²) in [6.07, 6.45) is 4.01. The number of rotatable bonds is 5. The molecule has 0 aromatic heterocycles. The van der Waals surface area contributed by atoms with E-state index in [9.17, 15) is 0 Å². The molecule has 1 aromatic carbocycles. The highest BCUT2D eigenvalue weighted by molar-refractivity contribution is 5.45. The number of nitrogens with one attached hydrogen (secondary N) is 1. The number of hydrogen-bond acceptors (Lipinski definition) is 3. The molecule has 1 aliphatic carbocycles. The molecule has 0 radical (unpaired) electrons. The summed E-state index contributed by atoms with van der Waals surface area (Å²) in [5.41, 5.74) is 1.26. The van der Waals surface area contributed by atoms with Crippen molar-refractivity contribution in [3.05, 3.63) is 23.8 Å². The Morgan fingerprint density at radius 1 is 1.39 bits per heavy atom. The molecular weight excluding hydrogens is 226 g/mol. The van der Waals surface area contributed by atoms with Gasteiger partial charge in [-0.15, -0.1) is 0 Å². The maximum absolute atomic E-state index is 5.83. The van der Waals surface area contributed by atoms with Gasteiger partial charge in [0.2, 0.25) is 0 Å². The molecule has 1 saturated carbocycles. The normalized spacial score (nSPS) is 22.2. The molecule has 1 aromatic rings. The van der Waals surface area contributed by atoms with Crippen molar-refractivity contribution in [1.29, 1.82) is 0 Å². The van der Waals surface area contributed by atoms with E-state index in [2.05, 4.69) is 24.4 Å². The van der Waals surface area contributed by atoms with Crippen LogP contribution < -0.4 is 14.8 Å². The van der Waals surface area contributed by atoms with Gasteiger partial charge in [-0.05, 0) is 37.4 Å². The third-order valence-electron chi connectivity index (χ3n) is 3.93. The number of hydrogen-bond donors (Lipinski definition) is 1. The van der Waals surface area contributed by atoms with Crippen molar-refractivity contribution >= 4 is 0 Å². The van der Waals surface area contributed by atoms with E-state index in [0.29, 0.717) is 6.04 Å². The summed E-state index contributed by atoms with van der Waals surface area (Å²) in [5.74, 6) is 2.69. The fourth-order valence-corrected chi connectivity index (χ4v) is 2.57. The monoisotopic (exact) mass is 247 g/mol. The minimum atomic E-state index is 0.339. The zero-order chi connectivity index (χ0) is 12.4. The second-order valence-electron chi connectivity index (χ2n) is 5.23. The minimum absolute atomic E-state index is 0.339. The van der Waals surface area contributed by atoms with Crippen LogP contribution in [0.5, 0.6) is 11.5 Å². The Bertz CT molecular complexity index is 415. The van der Waals surface area contributed by atoms with Crippen molar-refractivity contribution in [2.24, 2.45) is 5.92 Å². The molecule has 0 saturated heterocycles. The van der Waals surface area contributed by atoms with Gasteiger partial charge in [-0.1, -0.05) is 13.3 Å². The molecule has 1 N–H and O–H groups in total. The van der Waals surface area contributed by atoms with E-state index in [1.54, 1.807) is 0 Å². The van der Waals surface area contributed by atoms with E-state index in [-0.39, 0.29) is 0 Å². The van der Waals surface area contributed by atoms with Gasteiger partial charge < -0.3 is 14.8 Å². The first-order chi connectivity index (χ1) is 8.86. The van der Waals surface area contributed by atoms with Crippen LogP contribution in [0.2, 0.25) is 0 Å². The van der Waals surface area contributed by atoms with Crippen molar-refractivity contribution < 1.29 is 9.47 Å². The quantitative estimate of drug-likeness (QED) is 0.868. The van der Waals surface area contributed by atoms with Crippen LogP contribution >= 0.6 is 0 Å². The third kappa shape index (κ3) is 2.32. The highest BCUT2D eigenvalue weighted by Gasteiger charge is 2.24. The first-order valence-corrected chi connectivity index (χ1v) is 6.99. The van der Waals surface area contributed by atoms with Gasteiger partial charge in [0.05, 0.1) is 12.6 Å². The Morgan fingerprint density at radius 2 is 2.28 bits per heavy atom. The topological polar surface area (TPSA) is 30.5 Å². The van der Waals surface area contributed by atoms with Gasteiger partial charge in [0, 0.05) is 11.6 Å². The van der Waals surface area contributed by atoms with Crippen LogP contribution in [-0.2, 0) is 0 Å². The summed E-state index contributed by atoms with van der Waals surface area (Å²) in [7, 11) is 0. The van der Waals surface area contributed by atoms with Crippen LogP contribution in [-0.4, -0.2) is 19.8 Å². The minimum Gasteiger partial charge on any atom is -0.493 e. The molecule has 0 amide bonds. The van der Waals surface area contributed by atoms with Gasteiger partial charge in [0.25, 0.3) is 0 Å². The van der Waals surface area contributed by atoms with Gasteiger partial charge in [0.15, 0.2) is 0 Å². The molecule has 1 aliphatic heterocycles. The Morgan fingerprint density at radius 3 is 3.00 bits per heavy atom. The number of likely N-dealkylation sites (N-methyl/N-ethyl adjacent to an activating group) is 1. The third-order valence-corrected chi connectivity index (χ3v) is 3.93. The van der Waals surface area contributed by atoms with Gasteiger partial charge >= 0.3 is 0 Å². The van der Waals surface area contributed by atoms with E-state index in [4.69, 9.17) is 9.47 Å². The first-order valence-electron chi connectivity index (χ1n) is 6.99. The highest BCUT2D eigenvalue weighted by atomic mass is 16.5. The standard InChI is InChI=1S/C15H21NO2/c1-2-16-14-10-18-15-8-12(6-7-13(14)15)17-9-11-4-3-5-11/h6-8,11,14,16H,2-5,9-10H2,1H3. The lowest BCUT2D eigenvalue weighted by atomic mass is 9.86. The van der Waals surface area contributed by atoms with E-state index in [1.165, 1.54) is 24.8 Å². The first kappa shape index (κ1) is 11.8. The molecule has 1 fully saturated rings. The Hall–Kier alpha value is -1.22. The van der Waals surface area contributed by atoms with E-state index >= 15 is 0 Å². The Balaban J connectivity index is 1.64. The number of fused-ring (bicyclic) bond motifs is 1. The van der Waals surface area contributed by atoms with Gasteiger partial charge in [-0.3, -0.25) is 0 Å². The fraction of sp³-hybridized carbons (Fsp3) is 0.600. The van der Waals surface area contributed by atoms with Crippen LogP contribution in [0.15, 0.2) is 18.2 Å². The summed E-state index contributed by atoms with van der Waals surface area (Å²) >= 11 is 0. The van der Waals surface area contributed by atoms with Crippen LogP contribution in [0, 0.1) is 5.92 Å². The SMILES string of the molecule is CCNC1COc2cc(OCC3CCC3)ccc21. The Labute approximate surface area is 108 Å². The summed E-state index contributed by atoms with van der Waals surface area (Å²) in [5, 5.41) is 3.42. The van der Waals surface area contributed by atoms with Crippen molar-refractivity contribution in [2.75, 3.05) is 19.8 Å². The average molecular weight is 247 g/mol. The van der Waals surface area contributed by atoms with Gasteiger partial charge in [-0.2, -0.15) is 0 Å². The molecule has 3 nitrogen and oxygen atoms in total. The zero-order valence-corrected chi connectivity index (χ0v) is 10.9. The molecule has 0 spiro atoms. The average Bonchev–Trinajstić information content (AvgIpc) is 2.71. The molecular formula is C15H21NO2. The lowest BCUT2D eigenvalue weighted by Crippen LogP contribution is -2.21. The lowest BCUT2D eigenvalue weighted by molar-refractivity contribution is 0.180. The van der Waals surface area contributed by atoms with E-state index in [0.717, 1.165) is 37.2 Å². The second-order valence-corrected chi connectivity index (χ2v) is 5.23. The summed E-state index contributed by atoms with van der Waals surface area (Å²) < 4.78 is 11.5. The van der Waals surface area contributed by atoms with Crippen molar-refractivity contribution in [1.82, 2.24) is 5.32 Å². The molecule has 3 heteroatoms. The molecule has 1 heterocycles. The van der Waals surface area contributed by atoms with Crippen molar-refractivity contribution in [3.63, 3.8) is 0 Å². The molecule has 0 bridgehead atoms. The molecule has 1 unspecified atom stereocenters. The van der Waals surface area contributed by atoms with Crippen LogP contribution in [0.1, 0.15) is 37.8 Å². The van der Waals surface area contributed by atoms with E-state index in [1.807, 2.05) is 6.07 Å². The maximum atomic E-state index is 5.83. The van der Waals surface area contributed by atoms with Crippen molar-refractivity contribution in [3.8, 4) is 11.5 Å². The maximum Gasteiger partial charge on any atom is 0.127 e. The smallest absolute Gasteiger partial charge is 0.127 e. The Kier molecular flexibility index (Phi) is 3.41. The number of ether oxygens (including phenoxy) is 2. The van der Waals surface area contributed by atoms with Crippen LogP contribution in [0.4, 0.5) is 0 Å². The van der Waals surface area contributed by atoms with Gasteiger partial charge in [0.1, 0.15) is 18.1 Å². The van der Waals surface area contributed by atoms with Crippen LogP contribution in [0.25, 0.3) is 0 Å². The van der Waals surface area contributed by atoms with E-state index < -0.39 is 0 Å². The molecule has 2 aliphatic rings. The zero-order valence-electron chi connectivity index (χ0n) is 10.9. The summed E-state index contributed by atoms with van der Waals surface area (Å²) in [6.45, 7) is 4.67.